The first-order valence-corrected chi connectivity index (χ1v) is 9.87. The Balaban J connectivity index is 1.54. The minimum Gasteiger partial charge on any atom is -0.493 e. The van der Waals surface area contributed by atoms with Gasteiger partial charge in [0, 0.05) is 5.69 Å². The van der Waals surface area contributed by atoms with Crippen LogP contribution in [0.25, 0.3) is 0 Å². The number of anilines is 1. The lowest BCUT2D eigenvalue weighted by molar-refractivity contribution is -0.146. The van der Waals surface area contributed by atoms with Gasteiger partial charge in [0.25, 0.3) is 5.91 Å². The number of methoxy groups -OCH3 is 2. The number of carbonyl (C=O) groups excluding carboxylic acids is 2. The highest BCUT2D eigenvalue weighted by molar-refractivity contribution is 5.93. The summed E-state index contributed by atoms with van der Waals surface area (Å²) in [6.45, 7) is -0.355. The largest absolute Gasteiger partial charge is 0.493 e. The number of nitrogens with one attached hydrogen (secondary N) is 1. The van der Waals surface area contributed by atoms with E-state index >= 15 is 0 Å². The van der Waals surface area contributed by atoms with Gasteiger partial charge in [0.1, 0.15) is 0 Å². The summed E-state index contributed by atoms with van der Waals surface area (Å²) in [7, 11) is 3.07. The molecule has 0 unspecified atom stereocenters. The summed E-state index contributed by atoms with van der Waals surface area (Å²) in [6, 6.07) is 22.8. The van der Waals surface area contributed by atoms with Gasteiger partial charge in [0.05, 0.1) is 20.6 Å². The van der Waals surface area contributed by atoms with Crippen LogP contribution in [-0.4, -0.2) is 32.7 Å². The van der Waals surface area contributed by atoms with Crippen LogP contribution in [0.1, 0.15) is 16.7 Å². The SMILES string of the molecule is COc1ccc(CC(=O)OCC(=O)Nc2ccccc2Cc2ccccc2)cc1OC. The number of benzene rings is 3. The Bertz CT molecular complexity index is 1030. The second-order valence-electron chi connectivity index (χ2n) is 6.89. The van der Waals surface area contributed by atoms with Gasteiger partial charge in [-0.1, -0.05) is 54.6 Å². The number of ether oxygens (including phenoxy) is 3. The number of amides is 1. The van der Waals surface area contributed by atoms with E-state index < -0.39 is 5.97 Å². The van der Waals surface area contributed by atoms with E-state index in [-0.39, 0.29) is 18.9 Å². The third kappa shape index (κ3) is 6.34. The molecule has 3 aromatic rings. The van der Waals surface area contributed by atoms with E-state index in [1.807, 2.05) is 54.6 Å². The first kappa shape index (κ1) is 21.9. The highest BCUT2D eigenvalue weighted by Gasteiger charge is 2.12. The molecule has 0 fully saturated rings. The van der Waals surface area contributed by atoms with Gasteiger partial charge in [-0.2, -0.15) is 0 Å². The summed E-state index contributed by atoms with van der Waals surface area (Å²) < 4.78 is 15.6. The number of esters is 1. The molecule has 0 atom stereocenters. The zero-order valence-electron chi connectivity index (χ0n) is 17.6. The van der Waals surface area contributed by atoms with Gasteiger partial charge in [-0.05, 0) is 41.3 Å². The Hall–Kier alpha value is -3.80. The topological polar surface area (TPSA) is 73.9 Å². The average molecular weight is 419 g/mol. The molecular weight excluding hydrogens is 394 g/mol. The van der Waals surface area contributed by atoms with Crippen LogP contribution in [0.15, 0.2) is 72.8 Å². The zero-order chi connectivity index (χ0) is 22.1. The lowest BCUT2D eigenvalue weighted by Crippen LogP contribution is -2.22. The molecule has 0 spiro atoms. The van der Waals surface area contributed by atoms with Crippen molar-refractivity contribution in [1.29, 1.82) is 0 Å². The molecule has 0 aromatic heterocycles. The van der Waals surface area contributed by atoms with Gasteiger partial charge >= 0.3 is 5.97 Å². The maximum Gasteiger partial charge on any atom is 0.310 e. The maximum atomic E-state index is 12.3. The van der Waals surface area contributed by atoms with E-state index in [0.29, 0.717) is 29.2 Å². The van der Waals surface area contributed by atoms with Crippen molar-refractivity contribution in [2.45, 2.75) is 12.8 Å². The van der Waals surface area contributed by atoms with Crippen LogP contribution in [0, 0.1) is 0 Å². The number of hydrogen-bond donors (Lipinski definition) is 1. The molecule has 0 bridgehead atoms. The van der Waals surface area contributed by atoms with Crippen LogP contribution in [-0.2, 0) is 27.2 Å². The Morgan fingerprint density at radius 2 is 1.52 bits per heavy atom. The van der Waals surface area contributed by atoms with E-state index in [4.69, 9.17) is 14.2 Å². The minimum absolute atomic E-state index is 0.0260. The van der Waals surface area contributed by atoms with Gasteiger partial charge in [-0.3, -0.25) is 9.59 Å². The molecule has 0 aliphatic rings. The second-order valence-corrected chi connectivity index (χ2v) is 6.89. The Kier molecular flexibility index (Phi) is 7.65. The average Bonchev–Trinajstić information content (AvgIpc) is 2.79. The van der Waals surface area contributed by atoms with E-state index in [1.165, 1.54) is 7.11 Å². The fourth-order valence-electron chi connectivity index (χ4n) is 3.15. The van der Waals surface area contributed by atoms with Crippen LogP contribution < -0.4 is 14.8 Å². The van der Waals surface area contributed by atoms with E-state index in [9.17, 15) is 9.59 Å². The van der Waals surface area contributed by atoms with Crippen molar-refractivity contribution in [2.75, 3.05) is 26.1 Å². The summed E-state index contributed by atoms with van der Waals surface area (Å²) >= 11 is 0. The van der Waals surface area contributed by atoms with Gasteiger partial charge in [0.2, 0.25) is 0 Å². The molecule has 1 N–H and O–H groups in total. The Morgan fingerprint density at radius 3 is 2.26 bits per heavy atom. The monoisotopic (exact) mass is 419 g/mol. The van der Waals surface area contributed by atoms with E-state index in [1.54, 1.807) is 25.3 Å². The summed E-state index contributed by atoms with van der Waals surface area (Å²) in [6.07, 6.45) is 0.717. The third-order valence-electron chi connectivity index (χ3n) is 4.69. The molecule has 160 valence electrons. The summed E-state index contributed by atoms with van der Waals surface area (Å²) in [5, 5.41) is 2.83. The first-order valence-electron chi connectivity index (χ1n) is 9.87. The van der Waals surface area contributed by atoms with Crippen molar-refractivity contribution in [3.05, 3.63) is 89.5 Å². The fraction of sp³-hybridized carbons (Fsp3) is 0.200. The Labute approximate surface area is 181 Å². The number of para-hydroxylation sites is 1. The van der Waals surface area contributed by atoms with Gasteiger partial charge in [-0.15, -0.1) is 0 Å². The standard InChI is InChI=1S/C25H25NO5/c1-29-22-13-12-19(15-23(22)30-2)16-25(28)31-17-24(27)26-21-11-7-6-10-20(21)14-18-8-4-3-5-9-18/h3-13,15H,14,16-17H2,1-2H3,(H,26,27). The van der Waals surface area contributed by atoms with E-state index in [2.05, 4.69) is 5.32 Å². The van der Waals surface area contributed by atoms with Crippen molar-refractivity contribution in [3.63, 3.8) is 0 Å². The molecule has 1 amide bonds. The quantitative estimate of drug-likeness (QED) is 0.531. The molecule has 0 saturated carbocycles. The van der Waals surface area contributed by atoms with Crippen molar-refractivity contribution in [1.82, 2.24) is 0 Å². The zero-order valence-corrected chi connectivity index (χ0v) is 17.6. The van der Waals surface area contributed by atoms with Crippen molar-refractivity contribution >= 4 is 17.6 Å². The molecule has 0 radical (unpaired) electrons. The van der Waals surface area contributed by atoms with Gasteiger partial charge in [0.15, 0.2) is 18.1 Å². The molecule has 0 heterocycles. The predicted molar refractivity (Wildman–Crippen MR) is 119 cm³/mol. The van der Waals surface area contributed by atoms with Crippen LogP contribution in [0.3, 0.4) is 0 Å². The molecule has 6 nitrogen and oxygen atoms in total. The highest BCUT2D eigenvalue weighted by atomic mass is 16.5. The molecule has 0 aliphatic carbocycles. The van der Waals surface area contributed by atoms with Gasteiger partial charge in [-0.25, -0.2) is 0 Å². The normalized spacial score (nSPS) is 10.3. The molecule has 0 aliphatic heterocycles. The number of carbonyl (C=O) groups is 2. The van der Waals surface area contributed by atoms with E-state index in [0.717, 1.165) is 11.1 Å². The van der Waals surface area contributed by atoms with Crippen molar-refractivity contribution in [2.24, 2.45) is 0 Å². The molecule has 6 heteroatoms. The molecule has 3 rings (SSSR count). The summed E-state index contributed by atoms with van der Waals surface area (Å²) in [5.41, 5.74) is 3.54. The first-order chi connectivity index (χ1) is 15.1. The summed E-state index contributed by atoms with van der Waals surface area (Å²) in [5.74, 6) is 0.217. The highest BCUT2D eigenvalue weighted by Crippen LogP contribution is 2.27. The van der Waals surface area contributed by atoms with Crippen LogP contribution in [0.4, 0.5) is 5.69 Å². The summed E-state index contributed by atoms with van der Waals surface area (Å²) in [4.78, 5) is 24.5. The molecular formula is C25H25NO5. The lowest BCUT2D eigenvalue weighted by atomic mass is 10.0. The molecule has 31 heavy (non-hydrogen) atoms. The van der Waals surface area contributed by atoms with Crippen molar-refractivity contribution < 1.29 is 23.8 Å². The second kappa shape index (κ2) is 10.8. The third-order valence-corrected chi connectivity index (χ3v) is 4.69. The lowest BCUT2D eigenvalue weighted by Gasteiger charge is -2.12. The molecule has 3 aromatic carbocycles. The predicted octanol–water partition coefficient (Wildman–Crippen LogP) is 4.02. The fourth-order valence-corrected chi connectivity index (χ4v) is 3.15. The minimum atomic E-state index is -0.500. The van der Waals surface area contributed by atoms with Crippen LogP contribution in [0.5, 0.6) is 11.5 Å². The Morgan fingerprint density at radius 1 is 0.806 bits per heavy atom. The van der Waals surface area contributed by atoms with Crippen LogP contribution >= 0.6 is 0 Å². The van der Waals surface area contributed by atoms with Crippen molar-refractivity contribution in [3.8, 4) is 11.5 Å². The van der Waals surface area contributed by atoms with Crippen LogP contribution in [0.2, 0.25) is 0 Å². The smallest absolute Gasteiger partial charge is 0.310 e. The maximum absolute atomic E-state index is 12.3. The molecule has 0 saturated heterocycles. The number of hydrogen-bond acceptors (Lipinski definition) is 5. The number of rotatable bonds is 9. The van der Waals surface area contributed by atoms with Gasteiger partial charge < -0.3 is 19.5 Å².